The van der Waals surface area contributed by atoms with Crippen molar-refractivity contribution in [1.82, 2.24) is 9.47 Å². The number of hydrogen-bond acceptors (Lipinski definition) is 1. The molecule has 4 rings (SSSR count). The van der Waals surface area contributed by atoms with Crippen LogP contribution in [0.25, 0.3) is 10.9 Å². The Kier molecular flexibility index (Phi) is 4.27. The minimum absolute atomic E-state index is 0.273. The van der Waals surface area contributed by atoms with Gasteiger partial charge in [0.1, 0.15) is 17.5 Å². The molecule has 1 unspecified atom stereocenters. The number of halogens is 3. The summed E-state index contributed by atoms with van der Waals surface area (Å²) in [5.74, 6) is -1.37. The minimum atomic E-state index is -0.554. The Bertz CT molecular complexity index is 977. The van der Waals surface area contributed by atoms with Gasteiger partial charge in [0.15, 0.2) is 0 Å². The van der Waals surface area contributed by atoms with E-state index in [9.17, 15) is 13.2 Å². The zero-order valence-electron chi connectivity index (χ0n) is 14.9. The van der Waals surface area contributed by atoms with Crippen molar-refractivity contribution in [3.05, 3.63) is 70.7 Å². The predicted octanol–water partition coefficient (Wildman–Crippen LogP) is 4.68. The molecular formula is C21H21F3N2. The molecule has 0 saturated heterocycles. The lowest BCUT2D eigenvalue weighted by atomic mass is 10.00. The molecule has 0 amide bonds. The second kappa shape index (κ2) is 6.47. The van der Waals surface area contributed by atoms with Gasteiger partial charge in [-0.3, -0.25) is 4.90 Å². The van der Waals surface area contributed by atoms with Gasteiger partial charge in [-0.15, -0.1) is 0 Å². The molecule has 1 aliphatic heterocycles. The van der Waals surface area contributed by atoms with Crippen molar-refractivity contribution in [1.29, 1.82) is 0 Å². The SMILES string of the molecule is CC1Cc2c(c3cc(F)cc(F)c3n2CCc2cccc(F)c2)CN1C. The predicted molar refractivity (Wildman–Crippen MR) is 96.6 cm³/mol. The molecule has 0 bridgehead atoms. The summed E-state index contributed by atoms with van der Waals surface area (Å²) >= 11 is 0. The monoisotopic (exact) mass is 358 g/mol. The molecular weight excluding hydrogens is 337 g/mol. The van der Waals surface area contributed by atoms with Gasteiger partial charge < -0.3 is 4.57 Å². The van der Waals surface area contributed by atoms with E-state index in [4.69, 9.17) is 0 Å². The Balaban J connectivity index is 1.81. The highest BCUT2D eigenvalue weighted by atomic mass is 19.1. The molecule has 1 aliphatic rings. The van der Waals surface area contributed by atoms with Crippen LogP contribution in [0.3, 0.4) is 0 Å². The Morgan fingerprint density at radius 2 is 1.88 bits per heavy atom. The van der Waals surface area contributed by atoms with Crippen LogP contribution in [0.2, 0.25) is 0 Å². The van der Waals surface area contributed by atoms with Gasteiger partial charge in [0.2, 0.25) is 0 Å². The van der Waals surface area contributed by atoms with Crippen LogP contribution in [-0.2, 0) is 25.9 Å². The van der Waals surface area contributed by atoms with Crippen molar-refractivity contribution in [3.63, 3.8) is 0 Å². The van der Waals surface area contributed by atoms with Gasteiger partial charge in [-0.1, -0.05) is 12.1 Å². The normalized spacial score (nSPS) is 17.7. The largest absolute Gasteiger partial charge is 0.341 e. The summed E-state index contributed by atoms with van der Waals surface area (Å²) in [4.78, 5) is 2.20. The maximum Gasteiger partial charge on any atom is 0.150 e. The van der Waals surface area contributed by atoms with Crippen LogP contribution in [0.15, 0.2) is 36.4 Å². The number of aromatic nitrogens is 1. The molecule has 0 saturated carbocycles. The Hall–Kier alpha value is -2.27. The number of benzene rings is 2. The number of nitrogens with zero attached hydrogens (tertiary/aromatic N) is 2. The molecule has 2 nitrogen and oxygen atoms in total. The quantitative estimate of drug-likeness (QED) is 0.660. The van der Waals surface area contributed by atoms with E-state index < -0.39 is 11.6 Å². The van der Waals surface area contributed by atoms with Gasteiger partial charge in [-0.25, -0.2) is 13.2 Å². The van der Waals surface area contributed by atoms with Crippen LogP contribution >= 0.6 is 0 Å². The van der Waals surface area contributed by atoms with E-state index in [0.717, 1.165) is 29.3 Å². The van der Waals surface area contributed by atoms with Crippen LogP contribution in [0, 0.1) is 17.5 Å². The number of rotatable bonds is 3. The van der Waals surface area contributed by atoms with E-state index in [1.807, 2.05) is 17.7 Å². The highest BCUT2D eigenvalue weighted by molar-refractivity contribution is 5.86. The minimum Gasteiger partial charge on any atom is -0.341 e. The maximum atomic E-state index is 14.6. The third kappa shape index (κ3) is 2.90. The standard InChI is InChI=1S/C21H21F3N2/c1-13-8-20-18(12-25(13)2)17-10-16(23)11-19(24)21(17)26(20)7-6-14-4-3-5-15(22)9-14/h3-5,9-11,13H,6-8,12H2,1-2H3. The summed E-state index contributed by atoms with van der Waals surface area (Å²) in [5, 5.41) is 0.649. The second-order valence-electron chi connectivity index (χ2n) is 7.21. The van der Waals surface area contributed by atoms with Crippen molar-refractivity contribution in [2.24, 2.45) is 0 Å². The van der Waals surface area contributed by atoms with Gasteiger partial charge >= 0.3 is 0 Å². The average molecular weight is 358 g/mol. The third-order valence-corrected chi connectivity index (χ3v) is 5.46. The Morgan fingerprint density at radius 1 is 1.08 bits per heavy atom. The van der Waals surface area contributed by atoms with Crippen LogP contribution in [0.5, 0.6) is 0 Å². The highest BCUT2D eigenvalue weighted by Crippen LogP contribution is 2.34. The van der Waals surface area contributed by atoms with Crippen molar-refractivity contribution in [2.45, 2.75) is 38.9 Å². The lowest BCUT2D eigenvalue weighted by Gasteiger charge is -2.31. The first-order valence-electron chi connectivity index (χ1n) is 8.87. The van der Waals surface area contributed by atoms with Gasteiger partial charge in [0.05, 0.1) is 5.52 Å². The summed E-state index contributed by atoms with van der Waals surface area (Å²) in [6.45, 7) is 3.34. The molecule has 1 atom stereocenters. The summed E-state index contributed by atoms with van der Waals surface area (Å²) in [6.07, 6.45) is 1.37. The van der Waals surface area contributed by atoms with Crippen molar-refractivity contribution < 1.29 is 13.2 Å². The van der Waals surface area contributed by atoms with Crippen LogP contribution < -0.4 is 0 Å². The number of aryl methyl sites for hydroxylation is 2. The molecule has 0 spiro atoms. The molecule has 26 heavy (non-hydrogen) atoms. The summed E-state index contributed by atoms with van der Waals surface area (Å²) < 4.78 is 43.9. The fourth-order valence-electron chi connectivity index (χ4n) is 3.95. The number of fused-ring (bicyclic) bond motifs is 3. The average Bonchev–Trinajstić information content (AvgIpc) is 2.87. The molecule has 0 aliphatic carbocycles. The van der Waals surface area contributed by atoms with Crippen molar-refractivity contribution in [2.75, 3.05) is 7.05 Å². The van der Waals surface area contributed by atoms with Gasteiger partial charge in [0.25, 0.3) is 0 Å². The van der Waals surface area contributed by atoms with E-state index in [1.165, 1.54) is 18.2 Å². The zero-order chi connectivity index (χ0) is 18.4. The number of likely N-dealkylation sites (N-methyl/N-ethyl adjacent to an activating group) is 1. The lowest BCUT2D eigenvalue weighted by molar-refractivity contribution is 0.228. The van der Waals surface area contributed by atoms with Gasteiger partial charge in [-0.05, 0) is 49.7 Å². The van der Waals surface area contributed by atoms with Crippen LogP contribution in [0.4, 0.5) is 13.2 Å². The van der Waals surface area contributed by atoms with E-state index >= 15 is 0 Å². The van der Waals surface area contributed by atoms with E-state index in [-0.39, 0.29) is 5.82 Å². The molecule has 0 N–H and O–H groups in total. The summed E-state index contributed by atoms with van der Waals surface area (Å²) in [6, 6.07) is 9.17. The smallest absolute Gasteiger partial charge is 0.150 e. The molecule has 2 aromatic carbocycles. The van der Waals surface area contributed by atoms with Crippen molar-refractivity contribution >= 4 is 10.9 Å². The molecule has 136 valence electrons. The first-order chi connectivity index (χ1) is 12.4. The fraction of sp³-hybridized carbons (Fsp3) is 0.333. The lowest BCUT2D eigenvalue weighted by Crippen LogP contribution is -2.35. The second-order valence-corrected chi connectivity index (χ2v) is 7.21. The van der Waals surface area contributed by atoms with E-state index in [1.54, 1.807) is 6.07 Å². The number of hydrogen-bond donors (Lipinski definition) is 0. The zero-order valence-corrected chi connectivity index (χ0v) is 14.9. The molecule has 3 aromatic rings. The van der Waals surface area contributed by atoms with Crippen LogP contribution in [-0.4, -0.2) is 22.6 Å². The third-order valence-electron chi connectivity index (χ3n) is 5.46. The van der Waals surface area contributed by atoms with Crippen LogP contribution in [0.1, 0.15) is 23.7 Å². The summed E-state index contributed by atoms with van der Waals surface area (Å²) in [7, 11) is 2.03. The van der Waals surface area contributed by atoms with E-state index in [0.29, 0.717) is 36.5 Å². The maximum absolute atomic E-state index is 14.6. The van der Waals surface area contributed by atoms with Gasteiger partial charge in [0, 0.05) is 42.7 Å². The first kappa shape index (κ1) is 17.2. The first-order valence-corrected chi connectivity index (χ1v) is 8.87. The van der Waals surface area contributed by atoms with Crippen molar-refractivity contribution in [3.8, 4) is 0 Å². The molecule has 2 heterocycles. The molecule has 1 aromatic heterocycles. The fourth-order valence-corrected chi connectivity index (χ4v) is 3.95. The summed E-state index contributed by atoms with van der Waals surface area (Å²) in [5.41, 5.74) is 3.38. The highest BCUT2D eigenvalue weighted by Gasteiger charge is 2.28. The topological polar surface area (TPSA) is 8.17 Å². The Labute approximate surface area is 150 Å². The molecule has 5 heteroatoms. The molecule has 0 fully saturated rings. The van der Waals surface area contributed by atoms with E-state index in [2.05, 4.69) is 11.8 Å². The molecule has 0 radical (unpaired) electrons. The Morgan fingerprint density at radius 3 is 2.65 bits per heavy atom. The van der Waals surface area contributed by atoms with Gasteiger partial charge in [-0.2, -0.15) is 0 Å².